The molecule has 2 atom stereocenters. The van der Waals surface area contributed by atoms with Crippen LogP contribution >= 0.6 is 23.5 Å². The summed E-state index contributed by atoms with van der Waals surface area (Å²) >= 11 is 3.88. The van der Waals surface area contributed by atoms with Gasteiger partial charge >= 0.3 is 5.97 Å². The molecule has 0 aliphatic carbocycles. The number of aliphatic carboxylic acids is 1. The van der Waals surface area contributed by atoms with Crippen LogP contribution in [-0.4, -0.2) is 44.2 Å². The molecule has 1 heterocycles. The molecule has 1 unspecified atom stereocenters. The van der Waals surface area contributed by atoms with Crippen molar-refractivity contribution in [3.8, 4) is 0 Å². The molecule has 0 amide bonds. The van der Waals surface area contributed by atoms with Gasteiger partial charge in [-0.3, -0.25) is 9.59 Å². The number of Topliss-reactive ketones (excluding diaryl/α,β-unsaturated/α-hetero) is 1. The van der Waals surface area contributed by atoms with E-state index in [-0.39, 0.29) is 24.5 Å². The van der Waals surface area contributed by atoms with Crippen LogP contribution in [0.15, 0.2) is 23.8 Å². The molecule has 2 N–H and O–H groups in total. The van der Waals surface area contributed by atoms with E-state index < -0.39 is 12.1 Å². The number of carbonyl (C=O) groups excluding carboxylic acids is 1. The number of aliphatic hydroxyl groups is 1. The second kappa shape index (κ2) is 11.8. The number of carboxylic acid groups (broad SMARTS) is 1. The number of aliphatic hydroxyl groups excluding tert-OH is 1. The summed E-state index contributed by atoms with van der Waals surface area (Å²) in [7, 11) is 0. The Bertz CT molecular complexity index is 496. The minimum Gasteiger partial charge on any atom is -0.481 e. The van der Waals surface area contributed by atoms with Crippen LogP contribution in [0, 0.1) is 5.92 Å². The zero-order valence-electron chi connectivity index (χ0n) is 15.2. The van der Waals surface area contributed by atoms with Crippen LogP contribution in [-0.2, 0) is 9.59 Å². The first kappa shape index (κ1) is 22.3. The molecule has 1 aliphatic rings. The third-order valence-corrected chi connectivity index (χ3v) is 7.27. The van der Waals surface area contributed by atoms with Crippen LogP contribution < -0.4 is 0 Å². The van der Waals surface area contributed by atoms with Gasteiger partial charge in [-0.15, -0.1) is 23.5 Å². The van der Waals surface area contributed by atoms with E-state index in [2.05, 4.69) is 6.58 Å². The molecule has 25 heavy (non-hydrogen) atoms. The van der Waals surface area contributed by atoms with Gasteiger partial charge in [0, 0.05) is 12.3 Å². The second-order valence-corrected chi connectivity index (χ2v) is 9.57. The zero-order valence-corrected chi connectivity index (χ0v) is 16.8. The van der Waals surface area contributed by atoms with Crippen LogP contribution in [0.25, 0.3) is 0 Å². The van der Waals surface area contributed by atoms with E-state index in [9.17, 15) is 14.7 Å². The Hall–Kier alpha value is -0.720. The summed E-state index contributed by atoms with van der Waals surface area (Å²) in [5.41, 5.74) is 1.43. The number of thioether (sulfide) groups is 2. The molecule has 4 nitrogen and oxygen atoms in total. The summed E-state index contributed by atoms with van der Waals surface area (Å²) in [6.45, 7) is 7.51. The molecular formula is C19H30O4S2. The zero-order chi connectivity index (χ0) is 18.8. The molecule has 1 fully saturated rings. The number of allylic oxidation sites excluding steroid dienone is 1. The van der Waals surface area contributed by atoms with E-state index in [1.165, 1.54) is 17.9 Å². The summed E-state index contributed by atoms with van der Waals surface area (Å²) in [5, 5.41) is 18.9. The Balaban J connectivity index is 2.35. The largest absolute Gasteiger partial charge is 0.481 e. The monoisotopic (exact) mass is 386 g/mol. The van der Waals surface area contributed by atoms with Crippen molar-refractivity contribution in [2.24, 2.45) is 5.92 Å². The number of rotatable bonds is 11. The van der Waals surface area contributed by atoms with Crippen molar-refractivity contribution in [2.45, 2.75) is 63.1 Å². The highest BCUT2D eigenvalue weighted by Gasteiger charge is 2.23. The lowest BCUT2D eigenvalue weighted by atomic mass is 9.95. The summed E-state index contributed by atoms with van der Waals surface area (Å²) in [5.74, 6) is 1.56. The maximum absolute atomic E-state index is 12.3. The molecule has 0 aromatic rings. The summed E-state index contributed by atoms with van der Waals surface area (Å²) in [4.78, 5) is 22.9. The smallest absolute Gasteiger partial charge is 0.307 e. The van der Waals surface area contributed by atoms with Crippen molar-refractivity contribution < 1.29 is 19.8 Å². The van der Waals surface area contributed by atoms with Crippen molar-refractivity contribution in [2.75, 3.05) is 11.5 Å². The molecule has 0 saturated carbocycles. The first-order chi connectivity index (χ1) is 11.8. The molecule has 0 aromatic carbocycles. The average molecular weight is 387 g/mol. The fourth-order valence-corrected chi connectivity index (χ4v) is 5.73. The second-order valence-electron chi connectivity index (χ2n) is 6.66. The number of carbonyl (C=O) groups is 2. The van der Waals surface area contributed by atoms with Crippen LogP contribution in [0.2, 0.25) is 0 Å². The first-order valence-corrected chi connectivity index (χ1v) is 10.9. The normalized spacial score (nSPS) is 18.6. The van der Waals surface area contributed by atoms with Gasteiger partial charge in [0.2, 0.25) is 0 Å². The van der Waals surface area contributed by atoms with Gasteiger partial charge in [0.1, 0.15) is 5.78 Å². The van der Waals surface area contributed by atoms with Gasteiger partial charge in [-0.1, -0.05) is 25.2 Å². The summed E-state index contributed by atoms with van der Waals surface area (Å²) in [6.07, 6.45) is 4.58. The van der Waals surface area contributed by atoms with Gasteiger partial charge in [0.15, 0.2) is 0 Å². The van der Waals surface area contributed by atoms with Gasteiger partial charge in [-0.2, -0.15) is 0 Å². The van der Waals surface area contributed by atoms with Crippen molar-refractivity contribution >= 4 is 35.3 Å². The van der Waals surface area contributed by atoms with Crippen LogP contribution in [0.1, 0.15) is 52.4 Å². The summed E-state index contributed by atoms with van der Waals surface area (Å²) < 4.78 is 0.502. The van der Waals surface area contributed by atoms with E-state index in [1.54, 1.807) is 0 Å². The molecule has 0 spiro atoms. The number of carboxylic acids is 1. The average Bonchev–Trinajstić information content (AvgIpc) is 2.54. The van der Waals surface area contributed by atoms with Gasteiger partial charge in [-0.25, -0.2) is 0 Å². The van der Waals surface area contributed by atoms with Crippen LogP contribution in [0.5, 0.6) is 0 Å². The summed E-state index contributed by atoms with van der Waals surface area (Å²) in [6, 6.07) is 0. The molecule has 0 aromatic heterocycles. The molecule has 1 saturated heterocycles. The lowest BCUT2D eigenvalue weighted by Crippen LogP contribution is -2.22. The van der Waals surface area contributed by atoms with Gasteiger partial charge < -0.3 is 10.2 Å². The Morgan fingerprint density at radius 1 is 1.32 bits per heavy atom. The molecule has 0 radical (unpaired) electrons. The van der Waals surface area contributed by atoms with Crippen molar-refractivity contribution in [3.63, 3.8) is 0 Å². The maximum Gasteiger partial charge on any atom is 0.307 e. The standard InChI is InChI=1S/C19H30O4S2/c1-13(10-18(22)23)6-4-7-14(2)16(20)12-17(21)15(3)11-19-24-8-5-9-25-19/h7,15-16,19-20H,1,4-6,8-12H2,2-3H3,(H,22,23)/b14-7+/t15?,16-/m0/s1. The van der Waals surface area contributed by atoms with Gasteiger partial charge in [-0.05, 0) is 49.7 Å². The van der Waals surface area contributed by atoms with E-state index in [0.717, 1.165) is 12.0 Å². The number of hydrogen-bond donors (Lipinski definition) is 2. The highest BCUT2D eigenvalue weighted by atomic mass is 32.2. The quantitative estimate of drug-likeness (QED) is 0.516. The highest BCUT2D eigenvalue weighted by Crippen LogP contribution is 2.35. The van der Waals surface area contributed by atoms with Crippen LogP contribution in [0.4, 0.5) is 0 Å². The maximum atomic E-state index is 12.3. The molecule has 6 heteroatoms. The van der Waals surface area contributed by atoms with Crippen LogP contribution in [0.3, 0.4) is 0 Å². The fourth-order valence-electron chi connectivity index (χ4n) is 2.59. The van der Waals surface area contributed by atoms with Crippen molar-refractivity contribution in [1.29, 1.82) is 0 Å². The van der Waals surface area contributed by atoms with Crippen molar-refractivity contribution in [1.82, 2.24) is 0 Å². The van der Waals surface area contributed by atoms with E-state index in [0.29, 0.717) is 23.0 Å². The molecule has 142 valence electrons. The van der Waals surface area contributed by atoms with Crippen molar-refractivity contribution in [3.05, 3.63) is 23.8 Å². The van der Waals surface area contributed by atoms with Gasteiger partial charge in [0.05, 0.1) is 17.1 Å². The SMILES string of the molecule is C=C(CC/C=C(\C)[C@@H](O)CC(=O)C(C)CC1SCCCS1)CC(=O)O. The number of hydrogen-bond acceptors (Lipinski definition) is 5. The lowest BCUT2D eigenvalue weighted by Gasteiger charge is -2.23. The molecule has 1 aliphatic heterocycles. The molecule has 0 bridgehead atoms. The highest BCUT2D eigenvalue weighted by molar-refractivity contribution is 8.17. The van der Waals surface area contributed by atoms with Gasteiger partial charge in [0.25, 0.3) is 0 Å². The minimum absolute atomic E-state index is 0.0252. The lowest BCUT2D eigenvalue weighted by molar-refractivity contribution is -0.136. The third kappa shape index (κ3) is 9.52. The topological polar surface area (TPSA) is 74.6 Å². The van der Waals surface area contributed by atoms with E-state index in [4.69, 9.17) is 5.11 Å². The van der Waals surface area contributed by atoms with E-state index in [1.807, 2.05) is 43.4 Å². The van der Waals surface area contributed by atoms with E-state index >= 15 is 0 Å². The predicted octanol–water partition coefficient (Wildman–Crippen LogP) is 4.29. The minimum atomic E-state index is -0.875. The first-order valence-electron chi connectivity index (χ1n) is 8.78. The fraction of sp³-hybridized carbons (Fsp3) is 0.684. The third-order valence-electron chi connectivity index (χ3n) is 4.28. The molecular weight excluding hydrogens is 356 g/mol. The Morgan fingerprint density at radius 2 is 1.96 bits per heavy atom. The Morgan fingerprint density at radius 3 is 2.56 bits per heavy atom. The Kier molecular flexibility index (Phi) is 10.5. The Labute approximate surface area is 159 Å². The predicted molar refractivity (Wildman–Crippen MR) is 107 cm³/mol. The number of ketones is 1. The molecule has 1 rings (SSSR count).